The second kappa shape index (κ2) is 9.75. The van der Waals surface area contributed by atoms with Gasteiger partial charge < -0.3 is 10.1 Å². The van der Waals surface area contributed by atoms with Crippen molar-refractivity contribution in [3.8, 4) is 5.75 Å². The minimum atomic E-state index is -3.91. The Hall–Kier alpha value is -2.87. The van der Waals surface area contributed by atoms with E-state index in [1.165, 1.54) is 18.2 Å². The van der Waals surface area contributed by atoms with Crippen LogP contribution in [0.15, 0.2) is 77.7 Å². The van der Waals surface area contributed by atoms with Gasteiger partial charge in [-0.05, 0) is 55.0 Å². The summed E-state index contributed by atoms with van der Waals surface area (Å²) < 4.78 is 33.3. The Bertz CT molecular complexity index is 1120. The molecule has 1 amide bonds. The van der Waals surface area contributed by atoms with Gasteiger partial charge in [0.1, 0.15) is 10.6 Å². The van der Waals surface area contributed by atoms with Crippen LogP contribution in [0.4, 0.5) is 5.69 Å². The zero-order valence-electron chi connectivity index (χ0n) is 16.3. The Kier molecular flexibility index (Phi) is 7.10. The molecule has 0 bridgehead atoms. The van der Waals surface area contributed by atoms with Crippen molar-refractivity contribution in [3.63, 3.8) is 0 Å². The Balaban J connectivity index is 1.75. The topological polar surface area (TPSA) is 84.5 Å². The van der Waals surface area contributed by atoms with E-state index in [2.05, 4.69) is 10.0 Å². The molecule has 0 atom stereocenters. The first-order valence-electron chi connectivity index (χ1n) is 9.26. The summed E-state index contributed by atoms with van der Waals surface area (Å²) in [6, 6.07) is 20.1. The van der Waals surface area contributed by atoms with Crippen LogP contribution >= 0.6 is 11.6 Å². The highest BCUT2D eigenvalue weighted by atomic mass is 35.5. The maximum absolute atomic E-state index is 12.7. The molecule has 3 aromatic rings. The Labute approximate surface area is 180 Å². The number of sulfonamides is 1. The van der Waals surface area contributed by atoms with E-state index in [-0.39, 0.29) is 22.0 Å². The SMILES string of the molecule is CCOc1ccc(NC(=O)c2ccc(Cl)c(S(=O)(=O)NCc3ccccc3)c2)cc1. The average Bonchev–Trinajstić information content (AvgIpc) is 2.75. The lowest BCUT2D eigenvalue weighted by atomic mass is 10.2. The zero-order chi connectivity index (χ0) is 21.6. The Morgan fingerprint density at radius 3 is 2.37 bits per heavy atom. The molecule has 3 rings (SSSR count). The second-order valence-corrected chi connectivity index (χ2v) is 8.51. The standard InChI is InChI=1S/C22H21ClN2O4S/c1-2-29-19-11-9-18(10-12-19)25-22(26)17-8-13-20(23)21(14-17)30(27,28)24-15-16-6-4-3-5-7-16/h3-14,24H,2,15H2,1H3,(H,25,26). The Morgan fingerprint density at radius 2 is 1.70 bits per heavy atom. The van der Waals surface area contributed by atoms with E-state index in [1.807, 2.05) is 37.3 Å². The van der Waals surface area contributed by atoms with E-state index in [9.17, 15) is 13.2 Å². The number of benzene rings is 3. The van der Waals surface area contributed by atoms with Gasteiger partial charge in [-0.3, -0.25) is 4.79 Å². The van der Waals surface area contributed by atoms with E-state index in [1.54, 1.807) is 24.3 Å². The van der Waals surface area contributed by atoms with Crippen molar-refractivity contribution in [3.05, 3.63) is 88.9 Å². The third-order valence-corrected chi connectivity index (χ3v) is 6.10. The van der Waals surface area contributed by atoms with Gasteiger partial charge in [-0.2, -0.15) is 0 Å². The molecule has 0 heterocycles. The maximum atomic E-state index is 12.7. The molecule has 2 N–H and O–H groups in total. The summed E-state index contributed by atoms with van der Waals surface area (Å²) in [5, 5.41) is 2.77. The molecule has 8 heteroatoms. The number of carbonyl (C=O) groups excluding carboxylic acids is 1. The number of ether oxygens (including phenoxy) is 1. The molecular formula is C22H21ClN2O4S. The van der Waals surface area contributed by atoms with Crippen LogP contribution < -0.4 is 14.8 Å². The summed E-state index contributed by atoms with van der Waals surface area (Å²) in [4.78, 5) is 12.4. The predicted molar refractivity (Wildman–Crippen MR) is 117 cm³/mol. The predicted octanol–water partition coefficient (Wildman–Crippen LogP) is 4.47. The number of carbonyl (C=O) groups is 1. The molecule has 6 nitrogen and oxygen atoms in total. The van der Waals surface area contributed by atoms with E-state index in [0.29, 0.717) is 18.0 Å². The lowest BCUT2D eigenvalue weighted by Gasteiger charge is -2.11. The van der Waals surface area contributed by atoms with Crippen LogP contribution in [-0.2, 0) is 16.6 Å². The van der Waals surface area contributed by atoms with E-state index in [0.717, 1.165) is 5.56 Å². The monoisotopic (exact) mass is 444 g/mol. The number of amides is 1. The second-order valence-electron chi connectivity index (χ2n) is 6.37. The smallest absolute Gasteiger partial charge is 0.255 e. The van der Waals surface area contributed by atoms with Crippen molar-refractivity contribution in [2.24, 2.45) is 0 Å². The molecule has 3 aromatic carbocycles. The number of nitrogens with one attached hydrogen (secondary N) is 2. The summed E-state index contributed by atoms with van der Waals surface area (Å²) in [5.74, 6) is 0.246. The third kappa shape index (κ3) is 5.60. The van der Waals surface area contributed by atoms with Crippen LogP contribution in [0, 0.1) is 0 Å². The molecule has 30 heavy (non-hydrogen) atoms. The first kappa shape index (κ1) is 21.8. The molecule has 0 aromatic heterocycles. The third-order valence-electron chi connectivity index (χ3n) is 4.22. The summed E-state index contributed by atoms with van der Waals surface area (Å²) in [7, 11) is -3.91. The van der Waals surface area contributed by atoms with Crippen molar-refractivity contribution >= 4 is 33.2 Å². The van der Waals surface area contributed by atoms with Crippen molar-refractivity contribution in [1.29, 1.82) is 0 Å². The summed E-state index contributed by atoms with van der Waals surface area (Å²) >= 11 is 6.11. The average molecular weight is 445 g/mol. The quantitative estimate of drug-likeness (QED) is 0.536. The van der Waals surface area contributed by atoms with Gasteiger partial charge in [0.05, 0.1) is 11.6 Å². The van der Waals surface area contributed by atoms with Crippen LogP contribution in [-0.4, -0.2) is 20.9 Å². The van der Waals surface area contributed by atoms with E-state index in [4.69, 9.17) is 16.3 Å². The largest absolute Gasteiger partial charge is 0.494 e. The molecule has 0 aliphatic rings. The van der Waals surface area contributed by atoms with Gasteiger partial charge in [0.2, 0.25) is 10.0 Å². The van der Waals surface area contributed by atoms with Gasteiger partial charge in [0, 0.05) is 17.8 Å². The van der Waals surface area contributed by atoms with Gasteiger partial charge >= 0.3 is 0 Å². The van der Waals surface area contributed by atoms with Gasteiger partial charge in [0.15, 0.2) is 0 Å². The molecule has 0 aliphatic heterocycles. The minimum absolute atomic E-state index is 0.0354. The van der Waals surface area contributed by atoms with Gasteiger partial charge in [-0.25, -0.2) is 13.1 Å². The van der Waals surface area contributed by atoms with Gasteiger partial charge in [-0.1, -0.05) is 41.9 Å². The summed E-state index contributed by atoms with van der Waals surface area (Å²) in [5.41, 5.74) is 1.54. The molecule has 0 aliphatic carbocycles. The Morgan fingerprint density at radius 1 is 1.00 bits per heavy atom. The first-order valence-corrected chi connectivity index (χ1v) is 11.1. The van der Waals surface area contributed by atoms with Crippen molar-refractivity contribution in [2.75, 3.05) is 11.9 Å². The lowest BCUT2D eigenvalue weighted by Crippen LogP contribution is -2.24. The maximum Gasteiger partial charge on any atom is 0.255 e. The molecule has 0 spiro atoms. The van der Waals surface area contributed by atoms with Crippen molar-refractivity contribution < 1.29 is 17.9 Å². The molecule has 0 saturated carbocycles. The van der Waals surface area contributed by atoms with Crippen LogP contribution in [0.25, 0.3) is 0 Å². The fourth-order valence-electron chi connectivity index (χ4n) is 2.71. The fraction of sp³-hybridized carbons (Fsp3) is 0.136. The number of hydrogen-bond acceptors (Lipinski definition) is 4. The van der Waals surface area contributed by atoms with Crippen LogP contribution in [0.2, 0.25) is 5.02 Å². The number of halogens is 1. The molecule has 0 fully saturated rings. The summed E-state index contributed by atoms with van der Waals surface area (Å²) in [6.45, 7) is 2.55. The first-order chi connectivity index (χ1) is 14.4. The molecule has 0 saturated heterocycles. The van der Waals surface area contributed by atoms with Gasteiger partial charge in [-0.15, -0.1) is 0 Å². The van der Waals surface area contributed by atoms with Crippen molar-refractivity contribution in [1.82, 2.24) is 4.72 Å². The minimum Gasteiger partial charge on any atom is -0.494 e. The van der Waals surface area contributed by atoms with Crippen LogP contribution in [0.1, 0.15) is 22.8 Å². The normalized spacial score (nSPS) is 11.1. The molecule has 0 radical (unpaired) electrons. The van der Waals surface area contributed by atoms with E-state index < -0.39 is 15.9 Å². The zero-order valence-corrected chi connectivity index (χ0v) is 17.8. The van der Waals surface area contributed by atoms with Crippen LogP contribution in [0.3, 0.4) is 0 Å². The molecule has 156 valence electrons. The van der Waals surface area contributed by atoms with E-state index >= 15 is 0 Å². The van der Waals surface area contributed by atoms with Gasteiger partial charge in [0.25, 0.3) is 5.91 Å². The summed E-state index contributed by atoms with van der Waals surface area (Å²) in [6.07, 6.45) is 0. The fourth-order valence-corrected chi connectivity index (χ4v) is 4.25. The highest BCUT2D eigenvalue weighted by Crippen LogP contribution is 2.24. The molecule has 0 unspecified atom stereocenters. The number of anilines is 1. The molecular weight excluding hydrogens is 424 g/mol. The number of rotatable bonds is 8. The lowest BCUT2D eigenvalue weighted by molar-refractivity contribution is 0.102. The number of hydrogen-bond donors (Lipinski definition) is 2. The van der Waals surface area contributed by atoms with Crippen molar-refractivity contribution in [2.45, 2.75) is 18.4 Å². The highest BCUT2D eigenvalue weighted by Gasteiger charge is 2.20. The van der Waals surface area contributed by atoms with Crippen LogP contribution in [0.5, 0.6) is 5.75 Å². The highest BCUT2D eigenvalue weighted by molar-refractivity contribution is 7.89.